The number of morpholine rings is 1. The van der Waals surface area contributed by atoms with Crippen LogP contribution in [0.15, 0.2) is 47.8 Å². The van der Waals surface area contributed by atoms with Crippen molar-refractivity contribution in [2.45, 2.75) is 13.5 Å². The summed E-state index contributed by atoms with van der Waals surface area (Å²) in [5.74, 6) is 1.41. The maximum absolute atomic E-state index is 9.21. The molecular formula is C24H28N8O2. The van der Waals surface area contributed by atoms with E-state index in [4.69, 9.17) is 14.7 Å². The summed E-state index contributed by atoms with van der Waals surface area (Å²) in [6, 6.07) is 10.1. The normalized spacial score (nSPS) is 14.4. The molecule has 0 atom stereocenters. The van der Waals surface area contributed by atoms with E-state index in [2.05, 4.69) is 39.6 Å². The zero-order valence-electron chi connectivity index (χ0n) is 19.3. The van der Waals surface area contributed by atoms with Crippen LogP contribution in [0.5, 0.6) is 0 Å². The molecule has 1 aromatic carbocycles. The van der Waals surface area contributed by atoms with Crippen molar-refractivity contribution in [3.8, 4) is 11.4 Å². The molecule has 10 nitrogen and oxygen atoms in total. The summed E-state index contributed by atoms with van der Waals surface area (Å²) in [6.45, 7) is 5.44. The van der Waals surface area contributed by atoms with Crippen molar-refractivity contribution < 1.29 is 9.84 Å². The lowest BCUT2D eigenvalue weighted by atomic mass is 10.2. The largest absolute Gasteiger partial charge is 0.394 e. The number of aliphatic hydroxyl groups is 1. The zero-order chi connectivity index (χ0) is 23.5. The standard InChI is InChI=1S/C24H28N8O2/c1-17-4-3-5-18(12-17)14-25-29-21-13-20(31-7-10-34-11-8-31)22-24(27-21)30(2)23(28-22)19-15-26-32(16-19)6-9-33/h3-5,12-16,33H,6-11H2,1-2H3,(H,27,29)/b25-14+. The van der Waals surface area contributed by atoms with E-state index in [1.165, 1.54) is 5.56 Å². The molecule has 0 radical (unpaired) electrons. The Balaban J connectivity index is 1.53. The molecule has 10 heteroatoms. The molecular weight excluding hydrogens is 432 g/mol. The van der Waals surface area contributed by atoms with Crippen LogP contribution >= 0.6 is 0 Å². The Morgan fingerprint density at radius 3 is 2.85 bits per heavy atom. The number of rotatable bonds is 7. The number of pyridine rings is 1. The van der Waals surface area contributed by atoms with E-state index in [-0.39, 0.29) is 6.61 Å². The Morgan fingerprint density at radius 2 is 2.06 bits per heavy atom. The summed E-state index contributed by atoms with van der Waals surface area (Å²) in [6.07, 6.45) is 5.44. The molecule has 0 spiro atoms. The summed E-state index contributed by atoms with van der Waals surface area (Å²) in [5.41, 5.74) is 8.73. The molecule has 0 saturated carbocycles. The molecule has 5 rings (SSSR count). The van der Waals surface area contributed by atoms with Crippen molar-refractivity contribution in [2.24, 2.45) is 12.1 Å². The van der Waals surface area contributed by atoms with Gasteiger partial charge in [0.1, 0.15) is 11.3 Å². The fraction of sp³-hybridized carbons (Fsp3) is 0.333. The number of anilines is 2. The SMILES string of the molecule is Cc1cccc(/C=N/Nc2cc(N3CCOCC3)c3nc(-c4cnn(CCO)c4)n(C)c3n2)c1. The summed E-state index contributed by atoms with van der Waals surface area (Å²) in [5, 5.41) is 18.0. The van der Waals surface area contributed by atoms with E-state index in [9.17, 15) is 5.11 Å². The van der Waals surface area contributed by atoms with Gasteiger partial charge in [-0.25, -0.2) is 9.97 Å². The number of fused-ring (bicyclic) bond motifs is 1. The van der Waals surface area contributed by atoms with Crippen LogP contribution in [0, 0.1) is 6.92 Å². The molecule has 0 aliphatic carbocycles. The summed E-state index contributed by atoms with van der Waals surface area (Å²) in [4.78, 5) is 12.0. The van der Waals surface area contributed by atoms with E-state index >= 15 is 0 Å². The molecule has 1 aliphatic heterocycles. The van der Waals surface area contributed by atoms with Crippen LogP contribution in [0.4, 0.5) is 11.5 Å². The Hall–Kier alpha value is -3.76. The Morgan fingerprint density at radius 1 is 1.21 bits per heavy atom. The summed E-state index contributed by atoms with van der Waals surface area (Å²) in [7, 11) is 1.95. The lowest BCUT2D eigenvalue weighted by molar-refractivity contribution is 0.123. The minimum Gasteiger partial charge on any atom is -0.394 e. The minimum absolute atomic E-state index is 0.0322. The van der Waals surface area contributed by atoms with Crippen molar-refractivity contribution in [1.82, 2.24) is 24.3 Å². The van der Waals surface area contributed by atoms with Crippen LogP contribution in [0.1, 0.15) is 11.1 Å². The second-order valence-corrected chi connectivity index (χ2v) is 8.29. The van der Waals surface area contributed by atoms with E-state index in [1.807, 2.05) is 36.0 Å². The number of hydrazone groups is 1. The molecule has 3 aromatic heterocycles. The maximum Gasteiger partial charge on any atom is 0.164 e. The average Bonchev–Trinajstić information content (AvgIpc) is 3.44. The van der Waals surface area contributed by atoms with Crippen LogP contribution in [0.3, 0.4) is 0 Å². The van der Waals surface area contributed by atoms with Gasteiger partial charge in [0.15, 0.2) is 11.5 Å². The van der Waals surface area contributed by atoms with Gasteiger partial charge in [-0.3, -0.25) is 10.1 Å². The molecule has 0 bridgehead atoms. The van der Waals surface area contributed by atoms with Crippen LogP contribution in [-0.4, -0.2) is 68.5 Å². The highest BCUT2D eigenvalue weighted by Crippen LogP contribution is 2.32. The first-order chi connectivity index (χ1) is 16.6. The fourth-order valence-electron chi connectivity index (χ4n) is 4.12. The van der Waals surface area contributed by atoms with Gasteiger partial charge in [0, 0.05) is 32.4 Å². The summed E-state index contributed by atoms with van der Waals surface area (Å²) < 4.78 is 9.23. The molecule has 1 saturated heterocycles. The molecule has 176 valence electrons. The highest BCUT2D eigenvalue weighted by molar-refractivity contribution is 5.91. The van der Waals surface area contributed by atoms with E-state index in [0.29, 0.717) is 25.6 Å². The minimum atomic E-state index is 0.0322. The third kappa shape index (κ3) is 4.50. The molecule has 4 aromatic rings. The van der Waals surface area contributed by atoms with Gasteiger partial charge < -0.3 is 19.3 Å². The first kappa shape index (κ1) is 22.1. The summed E-state index contributed by atoms with van der Waals surface area (Å²) >= 11 is 0. The quantitative estimate of drug-likeness (QED) is 0.322. The Kier molecular flexibility index (Phi) is 6.24. The smallest absolute Gasteiger partial charge is 0.164 e. The number of aliphatic hydroxyl groups excluding tert-OH is 1. The van der Waals surface area contributed by atoms with Gasteiger partial charge in [-0.15, -0.1) is 0 Å². The van der Waals surface area contributed by atoms with Crippen LogP contribution in [-0.2, 0) is 18.3 Å². The van der Waals surface area contributed by atoms with Crippen LogP contribution in [0.2, 0.25) is 0 Å². The van der Waals surface area contributed by atoms with Crippen molar-refractivity contribution >= 4 is 28.9 Å². The topological polar surface area (TPSA) is 106 Å². The lowest BCUT2D eigenvalue weighted by Crippen LogP contribution is -2.36. The van der Waals surface area contributed by atoms with Gasteiger partial charge in [0.25, 0.3) is 0 Å². The number of ether oxygens (including phenoxy) is 1. The third-order valence-electron chi connectivity index (χ3n) is 5.81. The third-order valence-corrected chi connectivity index (χ3v) is 5.81. The lowest BCUT2D eigenvalue weighted by Gasteiger charge is -2.29. The first-order valence-electron chi connectivity index (χ1n) is 11.3. The first-order valence-corrected chi connectivity index (χ1v) is 11.3. The van der Waals surface area contributed by atoms with E-state index < -0.39 is 0 Å². The van der Waals surface area contributed by atoms with Crippen molar-refractivity contribution in [3.05, 3.63) is 53.9 Å². The molecule has 34 heavy (non-hydrogen) atoms. The Bertz CT molecular complexity index is 1320. The van der Waals surface area contributed by atoms with Crippen molar-refractivity contribution in [2.75, 3.05) is 43.2 Å². The van der Waals surface area contributed by atoms with Crippen molar-refractivity contribution in [3.63, 3.8) is 0 Å². The van der Waals surface area contributed by atoms with E-state index in [0.717, 1.165) is 46.9 Å². The Labute approximate surface area is 197 Å². The van der Waals surface area contributed by atoms with Crippen LogP contribution in [0.25, 0.3) is 22.6 Å². The average molecular weight is 461 g/mol. The number of aromatic nitrogens is 5. The van der Waals surface area contributed by atoms with Gasteiger partial charge in [0.2, 0.25) is 0 Å². The van der Waals surface area contributed by atoms with Gasteiger partial charge in [0.05, 0.1) is 50.0 Å². The number of aryl methyl sites for hydroxylation is 2. The van der Waals surface area contributed by atoms with E-state index in [1.54, 1.807) is 17.1 Å². The van der Waals surface area contributed by atoms with Gasteiger partial charge in [-0.1, -0.05) is 29.8 Å². The second-order valence-electron chi connectivity index (χ2n) is 8.29. The predicted molar refractivity (Wildman–Crippen MR) is 132 cm³/mol. The van der Waals surface area contributed by atoms with Gasteiger partial charge in [-0.05, 0) is 12.5 Å². The second kappa shape index (κ2) is 9.62. The molecule has 1 fully saturated rings. The van der Waals surface area contributed by atoms with Gasteiger partial charge >= 0.3 is 0 Å². The number of benzene rings is 1. The van der Waals surface area contributed by atoms with Crippen molar-refractivity contribution in [1.29, 1.82) is 0 Å². The molecule has 4 heterocycles. The number of hydrogen-bond donors (Lipinski definition) is 2. The predicted octanol–water partition coefficient (Wildman–Crippen LogP) is 2.42. The number of nitrogens with one attached hydrogen (secondary N) is 1. The number of nitrogens with zero attached hydrogens (tertiary/aromatic N) is 7. The molecule has 0 amide bonds. The highest BCUT2D eigenvalue weighted by Gasteiger charge is 2.21. The highest BCUT2D eigenvalue weighted by atomic mass is 16.5. The molecule has 1 aliphatic rings. The zero-order valence-corrected chi connectivity index (χ0v) is 19.3. The number of imidazole rings is 1. The fourth-order valence-corrected chi connectivity index (χ4v) is 4.12. The monoisotopic (exact) mass is 460 g/mol. The van der Waals surface area contributed by atoms with Crippen LogP contribution < -0.4 is 10.3 Å². The van der Waals surface area contributed by atoms with Gasteiger partial charge in [-0.2, -0.15) is 10.2 Å². The molecule has 0 unspecified atom stereocenters. The molecule has 2 N–H and O–H groups in total. The maximum atomic E-state index is 9.21. The number of hydrogen-bond acceptors (Lipinski definition) is 8.